The fraction of sp³-hybridized carbons (Fsp3) is 0.786. The van der Waals surface area contributed by atoms with Crippen LogP contribution in [-0.4, -0.2) is 47.3 Å². The Balaban J connectivity index is 2.57. The van der Waals surface area contributed by atoms with Crippen molar-refractivity contribution < 1.29 is 9.84 Å². The summed E-state index contributed by atoms with van der Waals surface area (Å²) in [5.74, 6) is 0. The quantitative estimate of drug-likeness (QED) is 0.683. The molecule has 2 N–H and O–H groups in total. The molecule has 1 aromatic heterocycles. The molecule has 116 valence electrons. The van der Waals surface area contributed by atoms with Gasteiger partial charge in [0.15, 0.2) is 0 Å². The van der Waals surface area contributed by atoms with Gasteiger partial charge in [0.2, 0.25) is 0 Å². The molecule has 5 nitrogen and oxygen atoms in total. The maximum absolute atomic E-state index is 10.5. The lowest BCUT2D eigenvalue weighted by Crippen LogP contribution is -2.34. The van der Waals surface area contributed by atoms with Gasteiger partial charge in [0, 0.05) is 26.6 Å². The summed E-state index contributed by atoms with van der Waals surface area (Å²) in [5.41, 5.74) is 0.925. The van der Waals surface area contributed by atoms with E-state index in [0.29, 0.717) is 24.5 Å². The Morgan fingerprint density at radius 3 is 2.75 bits per heavy atom. The summed E-state index contributed by atoms with van der Waals surface area (Å²) in [6.45, 7) is 8.71. The predicted octanol–water partition coefficient (Wildman–Crippen LogP) is 1.78. The van der Waals surface area contributed by atoms with Crippen LogP contribution in [0.25, 0.3) is 0 Å². The summed E-state index contributed by atoms with van der Waals surface area (Å²) >= 11 is 6.27. The van der Waals surface area contributed by atoms with Crippen LogP contribution in [0.1, 0.15) is 31.7 Å². The molecule has 1 unspecified atom stereocenters. The predicted molar refractivity (Wildman–Crippen MR) is 81.3 cm³/mol. The molecule has 1 atom stereocenters. The number of aliphatic hydroxyl groups is 1. The highest BCUT2D eigenvalue weighted by molar-refractivity contribution is 6.31. The van der Waals surface area contributed by atoms with Gasteiger partial charge in [0.05, 0.1) is 28.6 Å². The van der Waals surface area contributed by atoms with Crippen LogP contribution in [0.3, 0.4) is 0 Å². The number of nitrogens with one attached hydrogen (secondary N) is 1. The number of aromatic nitrogens is 2. The third kappa shape index (κ3) is 5.05. The Bertz CT molecular complexity index is 419. The number of hydrogen-bond acceptors (Lipinski definition) is 4. The number of halogens is 1. The normalized spacial score (nSPS) is 14.5. The first kappa shape index (κ1) is 17.4. The van der Waals surface area contributed by atoms with E-state index < -0.39 is 5.60 Å². The molecule has 0 aliphatic carbocycles. The third-order valence-electron chi connectivity index (χ3n) is 3.32. The molecule has 0 spiro atoms. The molecule has 1 heterocycles. The van der Waals surface area contributed by atoms with Gasteiger partial charge in [0.1, 0.15) is 0 Å². The van der Waals surface area contributed by atoms with Gasteiger partial charge in [-0.15, -0.1) is 0 Å². The highest BCUT2D eigenvalue weighted by Gasteiger charge is 2.25. The number of nitrogens with zero attached hydrogens (tertiary/aromatic N) is 2. The van der Waals surface area contributed by atoms with Crippen molar-refractivity contribution in [2.75, 3.05) is 26.8 Å². The van der Waals surface area contributed by atoms with Crippen molar-refractivity contribution in [2.24, 2.45) is 0 Å². The van der Waals surface area contributed by atoms with Gasteiger partial charge in [-0.25, -0.2) is 0 Å². The number of hydrogen-bond donors (Lipinski definition) is 2. The summed E-state index contributed by atoms with van der Waals surface area (Å²) in [4.78, 5) is 0. The Morgan fingerprint density at radius 1 is 1.45 bits per heavy atom. The van der Waals surface area contributed by atoms with Gasteiger partial charge < -0.3 is 15.2 Å². The fourth-order valence-corrected chi connectivity index (χ4v) is 2.35. The molecule has 0 aromatic carbocycles. The highest BCUT2D eigenvalue weighted by Crippen LogP contribution is 2.25. The van der Waals surface area contributed by atoms with Crippen molar-refractivity contribution in [1.82, 2.24) is 15.1 Å². The number of ether oxygens (including phenoxy) is 1. The molecule has 0 saturated carbocycles. The van der Waals surface area contributed by atoms with Crippen LogP contribution in [0.4, 0.5) is 0 Å². The van der Waals surface area contributed by atoms with E-state index in [4.69, 9.17) is 16.3 Å². The molecule has 0 aliphatic rings. The van der Waals surface area contributed by atoms with Gasteiger partial charge in [-0.2, -0.15) is 5.10 Å². The van der Waals surface area contributed by atoms with Gasteiger partial charge in [0.25, 0.3) is 0 Å². The summed E-state index contributed by atoms with van der Waals surface area (Å²) < 4.78 is 6.83. The van der Waals surface area contributed by atoms with Crippen LogP contribution in [0.5, 0.6) is 0 Å². The number of rotatable bonds is 9. The van der Waals surface area contributed by atoms with E-state index >= 15 is 0 Å². The molecular weight excluding hydrogens is 278 g/mol. The van der Waals surface area contributed by atoms with Crippen LogP contribution in [0.2, 0.25) is 5.02 Å². The van der Waals surface area contributed by atoms with E-state index in [0.717, 1.165) is 31.0 Å². The van der Waals surface area contributed by atoms with Crippen molar-refractivity contribution in [1.29, 1.82) is 0 Å². The maximum atomic E-state index is 10.5. The zero-order chi connectivity index (χ0) is 15.2. The summed E-state index contributed by atoms with van der Waals surface area (Å²) in [6.07, 6.45) is 1.16. The largest absolute Gasteiger partial charge is 0.390 e. The number of aryl methyl sites for hydroxylation is 2. The summed E-state index contributed by atoms with van der Waals surface area (Å²) in [5, 5.41) is 18.8. The van der Waals surface area contributed by atoms with Crippen LogP contribution < -0.4 is 5.32 Å². The topological polar surface area (TPSA) is 59.3 Å². The first-order chi connectivity index (χ1) is 9.41. The van der Waals surface area contributed by atoms with Crippen molar-refractivity contribution in [3.63, 3.8) is 0 Å². The second-order valence-electron chi connectivity index (χ2n) is 5.33. The van der Waals surface area contributed by atoms with E-state index in [9.17, 15) is 5.11 Å². The minimum Gasteiger partial charge on any atom is -0.390 e. The molecule has 1 aromatic rings. The monoisotopic (exact) mass is 303 g/mol. The van der Waals surface area contributed by atoms with E-state index in [1.807, 2.05) is 25.5 Å². The molecule has 1 rings (SSSR count). The SMILES string of the molecule is CCn1nc(C)c(Cl)c1CC(C)(O)CCNCCOC. The molecule has 0 amide bonds. The van der Waals surface area contributed by atoms with Gasteiger partial charge >= 0.3 is 0 Å². The van der Waals surface area contributed by atoms with Crippen LogP contribution >= 0.6 is 11.6 Å². The fourth-order valence-electron chi connectivity index (χ4n) is 2.14. The molecule has 0 radical (unpaired) electrons. The van der Waals surface area contributed by atoms with Crippen LogP contribution in [0.15, 0.2) is 0 Å². The van der Waals surface area contributed by atoms with E-state index in [1.54, 1.807) is 7.11 Å². The Morgan fingerprint density at radius 2 is 2.15 bits per heavy atom. The molecule has 6 heteroatoms. The van der Waals surface area contributed by atoms with Crippen molar-refractivity contribution in [3.05, 3.63) is 16.4 Å². The highest BCUT2D eigenvalue weighted by atomic mass is 35.5. The molecule has 0 bridgehead atoms. The van der Waals surface area contributed by atoms with E-state index in [-0.39, 0.29) is 0 Å². The van der Waals surface area contributed by atoms with Crippen molar-refractivity contribution in [3.8, 4) is 0 Å². The molecule has 0 aliphatic heterocycles. The first-order valence-electron chi connectivity index (χ1n) is 7.05. The van der Waals surface area contributed by atoms with Crippen LogP contribution in [-0.2, 0) is 17.7 Å². The molecule has 0 fully saturated rings. The number of methoxy groups -OCH3 is 1. The summed E-state index contributed by atoms with van der Waals surface area (Å²) in [6, 6.07) is 0. The molecule has 20 heavy (non-hydrogen) atoms. The zero-order valence-electron chi connectivity index (χ0n) is 12.9. The lowest BCUT2D eigenvalue weighted by molar-refractivity contribution is 0.0490. The minimum atomic E-state index is -0.802. The summed E-state index contributed by atoms with van der Waals surface area (Å²) in [7, 11) is 1.67. The Kier molecular flexibility index (Phi) is 6.95. The van der Waals surface area contributed by atoms with E-state index in [1.165, 1.54) is 0 Å². The average molecular weight is 304 g/mol. The van der Waals surface area contributed by atoms with Crippen LogP contribution in [0, 0.1) is 6.92 Å². The molecule has 0 saturated heterocycles. The maximum Gasteiger partial charge on any atom is 0.0848 e. The van der Waals surface area contributed by atoms with Gasteiger partial charge in [-0.05, 0) is 33.7 Å². The Hall–Kier alpha value is -0.620. The third-order valence-corrected chi connectivity index (χ3v) is 3.82. The van der Waals surface area contributed by atoms with E-state index in [2.05, 4.69) is 10.4 Å². The zero-order valence-corrected chi connectivity index (χ0v) is 13.6. The van der Waals surface area contributed by atoms with Crippen molar-refractivity contribution >= 4 is 11.6 Å². The second-order valence-corrected chi connectivity index (χ2v) is 5.71. The lowest BCUT2D eigenvalue weighted by atomic mass is 9.96. The smallest absolute Gasteiger partial charge is 0.0848 e. The first-order valence-corrected chi connectivity index (χ1v) is 7.43. The van der Waals surface area contributed by atoms with Gasteiger partial charge in [-0.3, -0.25) is 4.68 Å². The van der Waals surface area contributed by atoms with Gasteiger partial charge in [-0.1, -0.05) is 11.6 Å². The molecular formula is C14H26ClN3O2. The Labute approximate surface area is 126 Å². The minimum absolute atomic E-state index is 0.506. The lowest BCUT2D eigenvalue weighted by Gasteiger charge is -2.24. The second kappa shape index (κ2) is 7.98. The standard InChI is InChI=1S/C14H26ClN3O2/c1-5-18-12(13(15)11(2)17-18)10-14(3,19)6-7-16-8-9-20-4/h16,19H,5-10H2,1-4H3. The van der Waals surface area contributed by atoms with Crippen molar-refractivity contribution in [2.45, 2.75) is 45.8 Å². The average Bonchev–Trinajstić information content (AvgIpc) is 2.65.